The first-order valence-corrected chi connectivity index (χ1v) is 9.18. The van der Waals surface area contributed by atoms with Crippen molar-refractivity contribution in [2.45, 2.75) is 46.1 Å². The lowest BCUT2D eigenvalue weighted by atomic mass is 9.86. The highest BCUT2D eigenvalue weighted by atomic mass is 16.5. The third-order valence-corrected chi connectivity index (χ3v) is 5.56. The van der Waals surface area contributed by atoms with Crippen LogP contribution in [0.5, 0.6) is 11.5 Å². The molecule has 1 amide bonds. The minimum Gasteiger partial charge on any atom is -0.507 e. The van der Waals surface area contributed by atoms with Crippen LogP contribution in [0.3, 0.4) is 0 Å². The van der Waals surface area contributed by atoms with Gasteiger partial charge in [-0.05, 0) is 75.1 Å². The monoisotopic (exact) mass is 383 g/mol. The zero-order valence-electron chi connectivity index (χ0n) is 16.8. The first-order chi connectivity index (χ1) is 13.2. The van der Waals surface area contributed by atoms with Crippen molar-refractivity contribution in [3.05, 3.63) is 52.1 Å². The van der Waals surface area contributed by atoms with Gasteiger partial charge in [-0.2, -0.15) is 0 Å². The second-order valence-electron chi connectivity index (χ2n) is 7.39. The molecule has 0 bridgehead atoms. The second-order valence-corrected chi connectivity index (χ2v) is 7.39. The summed E-state index contributed by atoms with van der Waals surface area (Å²) in [6.45, 7) is 7.37. The van der Waals surface area contributed by atoms with Gasteiger partial charge in [0.1, 0.15) is 11.5 Å². The van der Waals surface area contributed by atoms with Gasteiger partial charge in [-0.3, -0.25) is 4.79 Å². The van der Waals surface area contributed by atoms with Crippen molar-refractivity contribution in [1.82, 2.24) is 0 Å². The zero-order valence-corrected chi connectivity index (χ0v) is 16.8. The SMILES string of the molecule is COC(=O)c1ccc(NC(=O)C2(C)CCc3c(C)c(O)c(C)c(C)c3O2)cc1. The van der Waals surface area contributed by atoms with Crippen LogP contribution in [0.25, 0.3) is 0 Å². The minimum absolute atomic E-state index is 0.258. The summed E-state index contributed by atoms with van der Waals surface area (Å²) < 4.78 is 10.9. The molecule has 0 aliphatic carbocycles. The predicted octanol–water partition coefficient (Wildman–Crippen LogP) is 3.83. The smallest absolute Gasteiger partial charge is 0.337 e. The molecular formula is C22H25NO5. The number of amides is 1. The third kappa shape index (κ3) is 3.30. The molecule has 1 heterocycles. The van der Waals surface area contributed by atoms with E-state index in [0.29, 0.717) is 35.6 Å². The Labute approximate surface area is 164 Å². The van der Waals surface area contributed by atoms with Crippen LogP contribution in [0.1, 0.15) is 46.0 Å². The largest absolute Gasteiger partial charge is 0.507 e. The summed E-state index contributed by atoms with van der Waals surface area (Å²) in [7, 11) is 1.32. The summed E-state index contributed by atoms with van der Waals surface area (Å²) in [5, 5.41) is 13.2. The van der Waals surface area contributed by atoms with Crippen molar-refractivity contribution in [3.8, 4) is 11.5 Å². The number of phenolic OH excluding ortho intramolecular Hbond substituents is 1. The van der Waals surface area contributed by atoms with Gasteiger partial charge in [-0.25, -0.2) is 4.79 Å². The average Bonchev–Trinajstić information content (AvgIpc) is 2.70. The number of anilines is 1. The van der Waals surface area contributed by atoms with E-state index in [4.69, 9.17) is 4.74 Å². The van der Waals surface area contributed by atoms with Gasteiger partial charge in [0.2, 0.25) is 0 Å². The number of methoxy groups -OCH3 is 1. The number of aromatic hydroxyl groups is 1. The van der Waals surface area contributed by atoms with E-state index in [9.17, 15) is 14.7 Å². The Morgan fingerprint density at radius 3 is 2.36 bits per heavy atom. The Morgan fingerprint density at radius 1 is 1.11 bits per heavy atom. The number of rotatable bonds is 3. The number of nitrogens with one attached hydrogen (secondary N) is 1. The van der Waals surface area contributed by atoms with Crippen LogP contribution in [0.15, 0.2) is 24.3 Å². The quantitative estimate of drug-likeness (QED) is 0.787. The maximum atomic E-state index is 12.9. The highest BCUT2D eigenvalue weighted by molar-refractivity contribution is 5.98. The molecule has 0 spiro atoms. The van der Waals surface area contributed by atoms with Gasteiger partial charge >= 0.3 is 5.97 Å². The van der Waals surface area contributed by atoms with Crippen LogP contribution in [0.4, 0.5) is 5.69 Å². The summed E-state index contributed by atoms with van der Waals surface area (Å²) in [6.07, 6.45) is 1.13. The fourth-order valence-electron chi connectivity index (χ4n) is 3.48. The lowest BCUT2D eigenvalue weighted by molar-refractivity contribution is -0.131. The van der Waals surface area contributed by atoms with E-state index in [1.807, 2.05) is 20.8 Å². The van der Waals surface area contributed by atoms with Crippen molar-refractivity contribution in [2.75, 3.05) is 12.4 Å². The van der Waals surface area contributed by atoms with Gasteiger partial charge in [0, 0.05) is 17.7 Å². The van der Waals surface area contributed by atoms with Crippen molar-refractivity contribution >= 4 is 17.6 Å². The van der Waals surface area contributed by atoms with E-state index in [1.165, 1.54) is 7.11 Å². The van der Waals surface area contributed by atoms with Gasteiger partial charge in [-0.15, -0.1) is 0 Å². The van der Waals surface area contributed by atoms with E-state index in [-0.39, 0.29) is 5.91 Å². The van der Waals surface area contributed by atoms with Gasteiger partial charge < -0.3 is 19.9 Å². The highest BCUT2D eigenvalue weighted by Gasteiger charge is 2.40. The van der Waals surface area contributed by atoms with Crippen LogP contribution in [0.2, 0.25) is 0 Å². The molecule has 1 aliphatic heterocycles. The van der Waals surface area contributed by atoms with Gasteiger partial charge in [0.05, 0.1) is 12.7 Å². The molecule has 0 aromatic heterocycles. The normalized spacial score (nSPS) is 18.0. The molecule has 1 atom stereocenters. The van der Waals surface area contributed by atoms with Crippen LogP contribution in [-0.2, 0) is 16.0 Å². The topological polar surface area (TPSA) is 84.9 Å². The summed E-state index contributed by atoms with van der Waals surface area (Å²) in [4.78, 5) is 24.5. The van der Waals surface area contributed by atoms with E-state index in [1.54, 1.807) is 31.2 Å². The van der Waals surface area contributed by atoms with E-state index >= 15 is 0 Å². The molecule has 1 unspecified atom stereocenters. The maximum Gasteiger partial charge on any atom is 0.337 e. The van der Waals surface area contributed by atoms with Gasteiger partial charge in [0.15, 0.2) is 5.60 Å². The van der Waals surface area contributed by atoms with Gasteiger partial charge in [0.25, 0.3) is 5.91 Å². The number of carbonyl (C=O) groups is 2. The lowest BCUT2D eigenvalue weighted by Gasteiger charge is -2.36. The molecule has 6 nitrogen and oxygen atoms in total. The van der Waals surface area contributed by atoms with Crippen molar-refractivity contribution in [3.63, 3.8) is 0 Å². The predicted molar refractivity (Wildman–Crippen MR) is 106 cm³/mol. The van der Waals surface area contributed by atoms with Crippen molar-refractivity contribution in [1.29, 1.82) is 0 Å². The fourth-order valence-corrected chi connectivity index (χ4v) is 3.48. The Hall–Kier alpha value is -3.02. The number of ether oxygens (including phenoxy) is 2. The molecule has 6 heteroatoms. The molecule has 1 aliphatic rings. The average molecular weight is 383 g/mol. The number of carbonyl (C=O) groups excluding carboxylic acids is 2. The van der Waals surface area contributed by atoms with Gasteiger partial charge in [-0.1, -0.05) is 0 Å². The number of esters is 1. The van der Waals surface area contributed by atoms with Crippen molar-refractivity contribution in [2.24, 2.45) is 0 Å². The second kappa shape index (κ2) is 7.19. The van der Waals surface area contributed by atoms with Crippen LogP contribution in [-0.4, -0.2) is 29.7 Å². The molecule has 0 radical (unpaired) electrons. The zero-order chi connectivity index (χ0) is 20.6. The number of hydrogen-bond donors (Lipinski definition) is 2. The molecule has 28 heavy (non-hydrogen) atoms. The summed E-state index contributed by atoms with van der Waals surface area (Å²) in [6, 6.07) is 6.50. The van der Waals surface area contributed by atoms with Crippen LogP contribution < -0.4 is 10.1 Å². The summed E-state index contributed by atoms with van der Waals surface area (Å²) in [5.41, 5.74) is 3.32. The number of phenols is 1. The first kappa shape index (κ1) is 19.7. The highest BCUT2D eigenvalue weighted by Crippen LogP contribution is 2.43. The Bertz CT molecular complexity index is 949. The standard InChI is InChI=1S/C22H25NO5/c1-12-13(2)19-17(14(3)18(12)24)10-11-22(4,28-19)21(26)23-16-8-6-15(7-9-16)20(25)27-5/h6-9,24H,10-11H2,1-5H3,(H,23,26). The molecule has 2 aromatic rings. The third-order valence-electron chi connectivity index (χ3n) is 5.56. The molecular weight excluding hydrogens is 358 g/mol. The molecule has 2 N–H and O–H groups in total. The van der Waals surface area contributed by atoms with E-state index < -0.39 is 11.6 Å². The molecule has 0 fully saturated rings. The minimum atomic E-state index is -1.03. The molecule has 3 rings (SSSR count). The Balaban J connectivity index is 1.83. The maximum absolute atomic E-state index is 12.9. The number of benzene rings is 2. The van der Waals surface area contributed by atoms with E-state index in [0.717, 1.165) is 22.3 Å². The lowest BCUT2D eigenvalue weighted by Crippen LogP contribution is -2.48. The molecule has 148 valence electrons. The fraction of sp³-hybridized carbons (Fsp3) is 0.364. The molecule has 0 saturated heterocycles. The summed E-state index contributed by atoms with van der Waals surface area (Å²) >= 11 is 0. The van der Waals surface area contributed by atoms with E-state index in [2.05, 4.69) is 10.1 Å². The molecule has 2 aromatic carbocycles. The molecule has 0 saturated carbocycles. The Kier molecular flexibility index (Phi) is 5.06. The summed E-state index contributed by atoms with van der Waals surface area (Å²) in [5.74, 6) is 0.282. The Morgan fingerprint density at radius 2 is 1.75 bits per heavy atom. The number of hydrogen-bond acceptors (Lipinski definition) is 5. The number of fused-ring (bicyclic) bond motifs is 1. The van der Waals surface area contributed by atoms with Crippen LogP contribution >= 0.6 is 0 Å². The van der Waals surface area contributed by atoms with Crippen molar-refractivity contribution < 1.29 is 24.2 Å². The first-order valence-electron chi connectivity index (χ1n) is 9.18. The van der Waals surface area contributed by atoms with Crippen LogP contribution in [0, 0.1) is 20.8 Å².